The molecule has 0 aromatic carbocycles. The maximum Gasteiger partial charge on any atom is 0.345 e. The predicted molar refractivity (Wildman–Crippen MR) is 54.6 cm³/mol. The molecule has 1 heterocycles. The zero-order valence-corrected chi connectivity index (χ0v) is 8.36. The number of nitrogens with one attached hydrogen (secondary N) is 1. The SMILES string of the molecule is CC1CCCN1CNC(=O)N=C(N)N. The third-order valence-electron chi connectivity index (χ3n) is 2.35. The van der Waals surface area contributed by atoms with Crippen LogP contribution in [0.25, 0.3) is 0 Å². The lowest BCUT2D eigenvalue weighted by atomic mass is 10.2. The molecule has 0 aromatic heterocycles. The van der Waals surface area contributed by atoms with E-state index in [1.165, 1.54) is 12.8 Å². The molecule has 0 saturated carbocycles. The van der Waals surface area contributed by atoms with Gasteiger partial charge in [0.1, 0.15) is 0 Å². The summed E-state index contributed by atoms with van der Waals surface area (Å²) in [5.41, 5.74) is 10.1. The normalized spacial score (nSPS) is 21.9. The fourth-order valence-corrected chi connectivity index (χ4v) is 1.55. The van der Waals surface area contributed by atoms with Crippen LogP contribution < -0.4 is 16.8 Å². The number of guanidine groups is 1. The van der Waals surface area contributed by atoms with Crippen molar-refractivity contribution in [3.8, 4) is 0 Å². The van der Waals surface area contributed by atoms with Gasteiger partial charge in [-0.3, -0.25) is 4.90 Å². The molecule has 6 heteroatoms. The van der Waals surface area contributed by atoms with E-state index in [-0.39, 0.29) is 5.96 Å². The Morgan fingerprint density at radius 3 is 2.86 bits per heavy atom. The van der Waals surface area contributed by atoms with Crippen molar-refractivity contribution in [3.05, 3.63) is 0 Å². The van der Waals surface area contributed by atoms with Gasteiger partial charge in [-0.15, -0.1) is 0 Å². The summed E-state index contributed by atoms with van der Waals surface area (Å²) in [6, 6.07) is 0.0404. The fraction of sp³-hybridized carbons (Fsp3) is 0.750. The number of likely N-dealkylation sites (tertiary alicyclic amines) is 1. The molecule has 0 aliphatic carbocycles. The third kappa shape index (κ3) is 3.21. The van der Waals surface area contributed by atoms with Crippen molar-refractivity contribution in [2.24, 2.45) is 16.5 Å². The first kappa shape index (κ1) is 10.8. The van der Waals surface area contributed by atoms with Gasteiger partial charge in [0.05, 0.1) is 6.67 Å². The molecule has 1 unspecified atom stereocenters. The minimum Gasteiger partial charge on any atom is -0.370 e. The van der Waals surface area contributed by atoms with Crippen molar-refractivity contribution in [3.63, 3.8) is 0 Å². The van der Waals surface area contributed by atoms with Gasteiger partial charge >= 0.3 is 6.03 Å². The van der Waals surface area contributed by atoms with Crippen molar-refractivity contribution >= 4 is 12.0 Å². The molecule has 1 fully saturated rings. The lowest BCUT2D eigenvalue weighted by molar-refractivity contribution is 0.224. The highest BCUT2D eigenvalue weighted by molar-refractivity contribution is 5.90. The minimum atomic E-state index is -0.482. The number of carbonyl (C=O) groups excluding carboxylic acids is 1. The second kappa shape index (κ2) is 4.80. The van der Waals surface area contributed by atoms with Gasteiger partial charge in [-0.2, -0.15) is 4.99 Å². The summed E-state index contributed by atoms with van der Waals surface area (Å²) in [5.74, 6) is -0.211. The average Bonchev–Trinajstić information content (AvgIpc) is 2.46. The van der Waals surface area contributed by atoms with Gasteiger partial charge in [0, 0.05) is 12.6 Å². The Morgan fingerprint density at radius 1 is 1.64 bits per heavy atom. The molecule has 0 radical (unpaired) electrons. The zero-order chi connectivity index (χ0) is 10.6. The van der Waals surface area contributed by atoms with E-state index in [1.807, 2.05) is 0 Å². The van der Waals surface area contributed by atoms with Crippen LogP contribution in [0.4, 0.5) is 4.79 Å². The Morgan fingerprint density at radius 2 is 2.36 bits per heavy atom. The molecule has 0 bridgehead atoms. The Bertz CT molecular complexity index is 236. The van der Waals surface area contributed by atoms with E-state index in [0.29, 0.717) is 12.7 Å². The smallest absolute Gasteiger partial charge is 0.345 e. The third-order valence-corrected chi connectivity index (χ3v) is 2.35. The van der Waals surface area contributed by atoms with E-state index >= 15 is 0 Å². The second-order valence-corrected chi connectivity index (χ2v) is 3.48. The second-order valence-electron chi connectivity index (χ2n) is 3.48. The monoisotopic (exact) mass is 199 g/mol. The van der Waals surface area contributed by atoms with E-state index < -0.39 is 6.03 Å². The molecular formula is C8H17N5O. The highest BCUT2D eigenvalue weighted by atomic mass is 16.2. The number of nitrogens with zero attached hydrogens (tertiary/aromatic N) is 2. The molecule has 0 spiro atoms. The first-order valence-electron chi connectivity index (χ1n) is 4.71. The van der Waals surface area contributed by atoms with E-state index in [9.17, 15) is 4.79 Å². The highest BCUT2D eigenvalue weighted by Crippen LogP contribution is 2.14. The summed E-state index contributed by atoms with van der Waals surface area (Å²) < 4.78 is 0. The van der Waals surface area contributed by atoms with E-state index in [2.05, 4.69) is 22.1 Å². The first-order chi connectivity index (χ1) is 6.59. The molecule has 1 saturated heterocycles. The number of hydrogen-bond donors (Lipinski definition) is 3. The number of rotatable bonds is 2. The van der Waals surface area contributed by atoms with Crippen molar-refractivity contribution in [1.29, 1.82) is 0 Å². The van der Waals surface area contributed by atoms with Gasteiger partial charge in [-0.05, 0) is 19.8 Å². The number of amides is 2. The lowest BCUT2D eigenvalue weighted by Gasteiger charge is -2.20. The highest BCUT2D eigenvalue weighted by Gasteiger charge is 2.19. The summed E-state index contributed by atoms with van der Waals surface area (Å²) in [5, 5.41) is 2.63. The van der Waals surface area contributed by atoms with Crippen molar-refractivity contribution < 1.29 is 4.79 Å². The van der Waals surface area contributed by atoms with Gasteiger partial charge in [0.15, 0.2) is 5.96 Å². The molecule has 0 aromatic rings. The Hall–Kier alpha value is -1.30. The van der Waals surface area contributed by atoms with Crippen LogP contribution in [0.2, 0.25) is 0 Å². The first-order valence-corrected chi connectivity index (χ1v) is 4.71. The molecular weight excluding hydrogens is 182 g/mol. The van der Waals surface area contributed by atoms with Crippen LogP contribution in [-0.2, 0) is 0 Å². The number of urea groups is 1. The van der Waals surface area contributed by atoms with Crippen LogP contribution in [0.3, 0.4) is 0 Å². The predicted octanol–water partition coefficient (Wildman–Crippen LogP) is -0.589. The van der Waals surface area contributed by atoms with Gasteiger partial charge in [0.25, 0.3) is 0 Å². The van der Waals surface area contributed by atoms with Crippen molar-refractivity contribution in [1.82, 2.24) is 10.2 Å². The fourth-order valence-electron chi connectivity index (χ4n) is 1.55. The molecule has 6 nitrogen and oxygen atoms in total. The molecule has 80 valence electrons. The molecule has 5 N–H and O–H groups in total. The summed E-state index contributed by atoms with van der Waals surface area (Å²) in [7, 11) is 0. The molecule has 1 atom stereocenters. The molecule has 1 aliphatic rings. The standard InChI is InChI=1S/C8H17N5O/c1-6-3-2-4-13(6)5-11-8(14)12-7(9)10/h6H,2-5H2,1H3,(H5,9,10,11,12,14). The molecule has 1 aliphatic heterocycles. The quantitative estimate of drug-likeness (QED) is 0.409. The van der Waals surface area contributed by atoms with Gasteiger partial charge in [-0.25, -0.2) is 4.79 Å². The number of aliphatic imine (C=N–C) groups is 1. The summed E-state index contributed by atoms with van der Waals surface area (Å²) in [6.45, 7) is 3.67. The summed E-state index contributed by atoms with van der Waals surface area (Å²) in [6.07, 6.45) is 2.36. The van der Waals surface area contributed by atoms with Crippen molar-refractivity contribution in [2.75, 3.05) is 13.2 Å². The van der Waals surface area contributed by atoms with Gasteiger partial charge < -0.3 is 16.8 Å². The summed E-state index contributed by atoms with van der Waals surface area (Å²) in [4.78, 5) is 16.6. The molecule has 14 heavy (non-hydrogen) atoms. The van der Waals surface area contributed by atoms with Crippen LogP contribution >= 0.6 is 0 Å². The number of nitrogens with two attached hydrogens (primary N) is 2. The van der Waals surface area contributed by atoms with Crippen LogP contribution in [0.1, 0.15) is 19.8 Å². The van der Waals surface area contributed by atoms with E-state index in [4.69, 9.17) is 11.5 Å². The maximum absolute atomic E-state index is 11.0. The number of carbonyl (C=O) groups is 1. The van der Waals surface area contributed by atoms with Crippen molar-refractivity contribution in [2.45, 2.75) is 25.8 Å². The van der Waals surface area contributed by atoms with Crippen LogP contribution in [0.15, 0.2) is 4.99 Å². The van der Waals surface area contributed by atoms with Gasteiger partial charge in [-0.1, -0.05) is 0 Å². The Balaban J connectivity index is 2.26. The van der Waals surface area contributed by atoms with E-state index in [1.54, 1.807) is 0 Å². The molecule has 1 rings (SSSR count). The Kier molecular flexibility index (Phi) is 3.70. The van der Waals surface area contributed by atoms with Gasteiger partial charge in [0.2, 0.25) is 0 Å². The van der Waals surface area contributed by atoms with Crippen LogP contribution in [0.5, 0.6) is 0 Å². The molecule has 2 amide bonds. The van der Waals surface area contributed by atoms with Crippen LogP contribution in [-0.4, -0.2) is 36.1 Å². The zero-order valence-electron chi connectivity index (χ0n) is 8.36. The Labute approximate surface area is 83.3 Å². The van der Waals surface area contributed by atoms with E-state index in [0.717, 1.165) is 6.54 Å². The maximum atomic E-state index is 11.0. The lowest BCUT2D eigenvalue weighted by Crippen LogP contribution is -2.39. The topological polar surface area (TPSA) is 96.7 Å². The largest absolute Gasteiger partial charge is 0.370 e. The minimum absolute atomic E-state index is 0.211. The van der Waals surface area contributed by atoms with Crippen LogP contribution in [0, 0.1) is 0 Å². The number of hydrogen-bond acceptors (Lipinski definition) is 2. The summed E-state index contributed by atoms with van der Waals surface area (Å²) >= 11 is 0. The average molecular weight is 199 g/mol.